The SMILES string of the molecule is OCCOCCOCCOCCn1cc(CO)nn1. The quantitative estimate of drug-likeness (QED) is 0.463. The van der Waals surface area contributed by atoms with Gasteiger partial charge in [0.15, 0.2) is 0 Å². The molecule has 0 unspecified atom stereocenters. The Balaban J connectivity index is 1.86. The predicted octanol–water partition coefficient (Wildman–Crippen LogP) is -1.19. The van der Waals surface area contributed by atoms with E-state index in [1.165, 1.54) is 0 Å². The van der Waals surface area contributed by atoms with Gasteiger partial charge in [0.1, 0.15) is 5.69 Å². The summed E-state index contributed by atoms with van der Waals surface area (Å²) in [5.74, 6) is 0. The number of rotatable bonds is 12. The molecule has 8 heteroatoms. The lowest BCUT2D eigenvalue weighted by Gasteiger charge is -2.06. The van der Waals surface area contributed by atoms with Gasteiger partial charge in [0, 0.05) is 0 Å². The van der Waals surface area contributed by atoms with Crippen LogP contribution in [0, 0.1) is 0 Å². The Morgan fingerprint density at radius 1 is 0.947 bits per heavy atom. The van der Waals surface area contributed by atoms with E-state index >= 15 is 0 Å². The van der Waals surface area contributed by atoms with Crippen LogP contribution < -0.4 is 0 Å². The number of aliphatic hydroxyl groups excluding tert-OH is 2. The fourth-order valence-corrected chi connectivity index (χ4v) is 1.28. The van der Waals surface area contributed by atoms with Crippen molar-refractivity contribution >= 4 is 0 Å². The van der Waals surface area contributed by atoms with Crippen molar-refractivity contribution in [3.63, 3.8) is 0 Å². The third-order valence-electron chi connectivity index (χ3n) is 2.19. The van der Waals surface area contributed by atoms with E-state index in [0.29, 0.717) is 51.9 Å². The number of aliphatic hydroxyl groups is 2. The van der Waals surface area contributed by atoms with Crippen LogP contribution in [0.25, 0.3) is 0 Å². The van der Waals surface area contributed by atoms with Crippen molar-refractivity contribution in [2.24, 2.45) is 0 Å². The van der Waals surface area contributed by atoms with E-state index in [4.69, 9.17) is 24.4 Å². The molecule has 0 radical (unpaired) electrons. The average molecular weight is 275 g/mol. The summed E-state index contributed by atoms with van der Waals surface area (Å²) in [6.07, 6.45) is 1.68. The van der Waals surface area contributed by atoms with Crippen LogP contribution in [0.3, 0.4) is 0 Å². The van der Waals surface area contributed by atoms with Crippen LogP contribution in [-0.4, -0.2) is 71.5 Å². The Hall–Kier alpha value is -1.06. The van der Waals surface area contributed by atoms with Gasteiger partial charge in [-0.3, -0.25) is 0 Å². The Kier molecular flexibility index (Phi) is 9.11. The first kappa shape index (κ1) is 16.0. The summed E-state index contributed by atoms with van der Waals surface area (Å²) in [6, 6.07) is 0. The number of hydrogen-bond acceptors (Lipinski definition) is 7. The second-order valence-electron chi connectivity index (χ2n) is 3.69. The molecule has 0 aliphatic carbocycles. The smallest absolute Gasteiger partial charge is 0.108 e. The van der Waals surface area contributed by atoms with Gasteiger partial charge in [0.05, 0.1) is 65.6 Å². The van der Waals surface area contributed by atoms with Gasteiger partial charge >= 0.3 is 0 Å². The minimum atomic E-state index is -0.104. The third kappa shape index (κ3) is 7.85. The van der Waals surface area contributed by atoms with Crippen LogP contribution in [0.15, 0.2) is 6.20 Å². The molecule has 0 bridgehead atoms. The monoisotopic (exact) mass is 275 g/mol. The van der Waals surface area contributed by atoms with Gasteiger partial charge in [-0.15, -0.1) is 5.10 Å². The maximum atomic E-state index is 8.81. The van der Waals surface area contributed by atoms with E-state index in [-0.39, 0.29) is 13.2 Å². The highest BCUT2D eigenvalue weighted by Crippen LogP contribution is 1.92. The first-order valence-corrected chi connectivity index (χ1v) is 6.20. The zero-order valence-corrected chi connectivity index (χ0v) is 10.9. The molecule has 0 aliphatic rings. The lowest BCUT2D eigenvalue weighted by atomic mass is 10.5. The average Bonchev–Trinajstić information content (AvgIpc) is 2.89. The molecular weight excluding hydrogens is 254 g/mol. The van der Waals surface area contributed by atoms with Gasteiger partial charge in [-0.05, 0) is 0 Å². The molecule has 1 heterocycles. The highest BCUT2D eigenvalue weighted by molar-refractivity contribution is 4.88. The summed E-state index contributed by atoms with van der Waals surface area (Å²) in [5, 5.41) is 24.8. The molecular formula is C11H21N3O5. The molecule has 8 nitrogen and oxygen atoms in total. The van der Waals surface area contributed by atoms with Crippen LogP contribution in [0.1, 0.15) is 5.69 Å². The van der Waals surface area contributed by atoms with Gasteiger partial charge in [-0.1, -0.05) is 5.21 Å². The Morgan fingerprint density at radius 2 is 1.58 bits per heavy atom. The molecule has 0 atom stereocenters. The van der Waals surface area contributed by atoms with Crippen molar-refractivity contribution in [3.8, 4) is 0 Å². The van der Waals surface area contributed by atoms with Crippen molar-refractivity contribution in [2.75, 3.05) is 46.2 Å². The topological polar surface area (TPSA) is 98.9 Å². The molecule has 0 fully saturated rings. The van der Waals surface area contributed by atoms with Crippen LogP contribution in [0.2, 0.25) is 0 Å². The van der Waals surface area contributed by atoms with Gasteiger partial charge in [0.25, 0.3) is 0 Å². The number of hydrogen-bond donors (Lipinski definition) is 2. The highest BCUT2D eigenvalue weighted by Gasteiger charge is 1.98. The van der Waals surface area contributed by atoms with E-state index in [0.717, 1.165) is 0 Å². The molecule has 0 aliphatic heterocycles. The summed E-state index contributed by atoms with van der Waals surface area (Å²) in [7, 11) is 0. The molecule has 2 N–H and O–H groups in total. The van der Waals surface area contributed by atoms with Crippen molar-refractivity contribution in [3.05, 3.63) is 11.9 Å². The largest absolute Gasteiger partial charge is 0.394 e. The standard InChI is InChI=1S/C11H21N3O5/c15-2-4-18-6-8-19-7-5-17-3-1-14-9-11(10-16)12-13-14/h9,15-16H,1-8,10H2. The molecule has 0 saturated carbocycles. The van der Waals surface area contributed by atoms with E-state index in [2.05, 4.69) is 10.3 Å². The van der Waals surface area contributed by atoms with Crippen molar-refractivity contribution in [2.45, 2.75) is 13.2 Å². The molecule has 19 heavy (non-hydrogen) atoms. The van der Waals surface area contributed by atoms with Gasteiger partial charge in [0.2, 0.25) is 0 Å². The second kappa shape index (κ2) is 10.8. The molecule has 0 spiro atoms. The predicted molar refractivity (Wildman–Crippen MR) is 65.5 cm³/mol. The lowest BCUT2D eigenvalue weighted by molar-refractivity contribution is 0.00627. The third-order valence-corrected chi connectivity index (χ3v) is 2.19. The molecule has 0 amide bonds. The molecule has 0 saturated heterocycles. The maximum absolute atomic E-state index is 8.81. The van der Waals surface area contributed by atoms with Crippen LogP contribution in [0.5, 0.6) is 0 Å². The molecule has 1 aromatic rings. The first-order chi connectivity index (χ1) is 9.36. The number of nitrogens with zero attached hydrogens (tertiary/aromatic N) is 3. The Morgan fingerprint density at radius 3 is 2.16 bits per heavy atom. The highest BCUT2D eigenvalue weighted by atomic mass is 16.5. The maximum Gasteiger partial charge on any atom is 0.108 e. The molecule has 110 valence electrons. The van der Waals surface area contributed by atoms with E-state index in [9.17, 15) is 0 Å². The van der Waals surface area contributed by atoms with Gasteiger partial charge in [-0.2, -0.15) is 0 Å². The summed E-state index contributed by atoms with van der Waals surface area (Å²) < 4.78 is 17.3. The van der Waals surface area contributed by atoms with E-state index in [1.807, 2.05) is 0 Å². The van der Waals surface area contributed by atoms with Crippen LogP contribution >= 0.6 is 0 Å². The lowest BCUT2D eigenvalue weighted by Crippen LogP contribution is -2.13. The van der Waals surface area contributed by atoms with E-state index in [1.54, 1.807) is 10.9 Å². The van der Waals surface area contributed by atoms with Crippen LogP contribution in [-0.2, 0) is 27.4 Å². The summed E-state index contributed by atoms with van der Waals surface area (Å²) in [5.41, 5.74) is 0.547. The Labute approximate surface area is 111 Å². The zero-order chi connectivity index (χ0) is 13.8. The summed E-state index contributed by atoms with van der Waals surface area (Å²) >= 11 is 0. The van der Waals surface area contributed by atoms with Crippen molar-refractivity contribution < 1.29 is 24.4 Å². The van der Waals surface area contributed by atoms with Crippen LogP contribution in [0.4, 0.5) is 0 Å². The Bertz CT molecular complexity index is 321. The number of ether oxygens (including phenoxy) is 3. The normalized spacial score (nSPS) is 11.1. The minimum absolute atomic E-state index is 0.0311. The fraction of sp³-hybridized carbons (Fsp3) is 0.818. The van der Waals surface area contributed by atoms with Gasteiger partial charge < -0.3 is 24.4 Å². The zero-order valence-electron chi connectivity index (χ0n) is 10.9. The molecule has 1 aromatic heterocycles. The van der Waals surface area contributed by atoms with Gasteiger partial charge in [-0.25, -0.2) is 4.68 Å². The number of aromatic nitrogens is 3. The van der Waals surface area contributed by atoms with Crippen molar-refractivity contribution in [1.29, 1.82) is 0 Å². The van der Waals surface area contributed by atoms with Crippen molar-refractivity contribution in [1.82, 2.24) is 15.0 Å². The minimum Gasteiger partial charge on any atom is -0.394 e. The summed E-state index contributed by atoms with van der Waals surface area (Å²) in [4.78, 5) is 0. The second-order valence-corrected chi connectivity index (χ2v) is 3.69. The molecule has 1 rings (SSSR count). The fourth-order valence-electron chi connectivity index (χ4n) is 1.28. The summed E-state index contributed by atoms with van der Waals surface area (Å²) in [6.45, 7) is 3.34. The first-order valence-electron chi connectivity index (χ1n) is 6.20. The van der Waals surface area contributed by atoms with E-state index < -0.39 is 0 Å². The molecule has 0 aromatic carbocycles.